The minimum atomic E-state index is -4.19. The maximum Gasteiger partial charge on any atom is 0.322 e. The van der Waals surface area contributed by atoms with E-state index in [1.165, 1.54) is 35.6 Å². The van der Waals surface area contributed by atoms with E-state index in [2.05, 4.69) is 15.0 Å². The summed E-state index contributed by atoms with van der Waals surface area (Å²) in [7, 11) is -2.60. The number of ether oxygens (including phenoxy) is 1. The summed E-state index contributed by atoms with van der Waals surface area (Å²) in [6, 6.07) is 27.3. The van der Waals surface area contributed by atoms with Gasteiger partial charge in [-0.25, -0.2) is 13.4 Å². The minimum absolute atomic E-state index is 0.0276. The third-order valence-corrected chi connectivity index (χ3v) is 9.38. The van der Waals surface area contributed by atoms with Gasteiger partial charge in [0.1, 0.15) is 11.8 Å². The molecule has 0 bridgehead atoms. The number of aromatic nitrogens is 1. The monoisotopic (exact) mass is 647 g/mol. The van der Waals surface area contributed by atoms with Gasteiger partial charge >= 0.3 is 5.97 Å². The molecule has 9 nitrogen and oxygen atoms in total. The molecule has 44 heavy (non-hydrogen) atoms. The third-order valence-electron chi connectivity index (χ3n) is 6.62. The van der Waals surface area contributed by atoms with Crippen molar-refractivity contribution in [1.82, 2.24) is 9.71 Å². The van der Waals surface area contributed by atoms with Crippen molar-refractivity contribution in [1.29, 1.82) is 0 Å². The predicted molar refractivity (Wildman–Crippen MR) is 171 cm³/mol. The van der Waals surface area contributed by atoms with E-state index in [4.69, 9.17) is 16.3 Å². The second-order valence-corrected chi connectivity index (χ2v) is 12.8. The fourth-order valence-electron chi connectivity index (χ4n) is 4.35. The molecule has 0 saturated carbocycles. The maximum absolute atomic E-state index is 13.1. The van der Waals surface area contributed by atoms with Crippen LogP contribution in [0, 0.1) is 0 Å². The van der Waals surface area contributed by atoms with Crippen molar-refractivity contribution >= 4 is 50.0 Å². The van der Waals surface area contributed by atoms with E-state index in [-0.39, 0.29) is 16.9 Å². The number of hydrogen-bond acceptors (Lipinski definition) is 7. The van der Waals surface area contributed by atoms with Crippen molar-refractivity contribution in [2.24, 2.45) is 0 Å². The number of benzene rings is 4. The van der Waals surface area contributed by atoms with Crippen LogP contribution in [0.15, 0.2) is 108 Å². The van der Waals surface area contributed by atoms with Gasteiger partial charge in [0.2, 0.25) is 10.0 Å². The number of halogens is 1. The van der Waals surface area contributed by atoms with Crippen LogP contribution in [-0.4, -0.2) is 43.5 Å². The van der Waals surface area contributed by atoms with Gasteiger partial charge in [-0.3, -0.25) is 14.9 Å². The Bertz CT molecular complexity index is 1880. The van der Waals surface area contributed by atoms with Crippen LogP contribution >= 0.6 is 22.9 Å². The topological polar surface area (TPSA) is 135 Å². The van der Waals surface area contributed by atoms with Crippen molar-refractivity contribution in [2.75, 3.05) is 12.4 Å². The van der Waals surface area contributed by atoms with Crippen LogP contribution in [0.25, 0.3) is 21.7 Å². The summed E-state index contributed by atoms with van der Waals surface area (Å²) in [5.74, 6) is -1.09. The van der Waals surface area contributed by atoms with Crippen molar-refractivity contribution in [2.45, 2.75) is 17.4 Å². The zero-order chi connectivity index (χ0) is 31.3. The Morgan fingerprint density at radius 2 is 1.55 bits per heavy atom. The first-order chi connectivity index (χ1) is 21.1. The standard InChI is InChI=1S/C32H26ClN3O6S2/c1-42-25-15-9-22(10-16-25)29-28(21-7-13-24(33)14-8-21)34-32(43-29)35-30(37)23-11-17-26(18-12-23)44(40,41)36-27(31(38)39)19-20-5-3-2-4-6-20/h2-18,27,36H,19H2,1H3,(H,38,39)(H,34,35,37)/t27-/m0/s1. The molecule has 5 rings (SSSR count). The van der Waals surface area contributed by atoms with Crippen LogP contribution in [0.4, 0.5) is 5.13 Å². The molecule has 4 aromatic carbocycles. The molecule has 0 aliphatic heterocycles. The fourth-order valence-corrected chi connectivity index (χ4v) is 6.66. The van der Waals surface area contributed by atoms with Crippen LogP contribution in [-0.2, 0) is 21.2 Å². The first-order valence-corrected chi connectivity index (χ1v) is 15.9. The Morgan fingerprint density at radius 3 is 2.16 bits per heavy atom. The smallest absolute Gasteiger partial charge is 0.322 e. The molecule has 0 spiro atoms. The molecule has 12 heteroatoms. The quantitative estimate of drug-likeness (QED) is 0.152. The molecule has 224 valence electrons. The Hall–Kier alpha value is -4.55. The number of aliphatic carboxylic acids is 1. The summed E-state index contributed by atoms with van der Waals surface area (Å²) in [5.41, 5.74) is 3.21. The number of carbonyl (C=O) groups excluding carboxylic acids is 1. The molecule has 0 saturated heterocycles. The second kappa shape index (κ2) is 13.4. The Labute approximate surface area is 263 Å². The van der Waals surface area contributed by atoms with Gasteiger partial charge in [-0.2, -0.15) is 4.72 Å². The molecular weight excluding hydrogens is 622 g/mol. The van der Waals surface area contributed by atoms with Gasteiger partial charge < -0.3 is 9.84 Å². The summed E-state index contributed by atoms with van der Waals surface area (Å²) >= 11 is 7.37. The lowest BCUT2D eigenvalue weighted by molar-refractivity contribution is -0.138. The summed E-state index contributed by atoms with van der Waals surface area (Å²) in [5, 5.41) is 13.3. The van der Waals surface area contributed by atoms with Crippen molar-refractivity contribution in [3.05, 3.63) is 119 Å². The second-order valence-electron chi connectivity index (χ2n) is 9.61. The molecular formula is C32H26ClN3O6S2. The maximum atomic E-state index is 13.1. The van der Waals surface area contributed by atoms with E-state index in [0.29, 0.717) is 27.2 Å². The van der Waals surface area contributed by atoms with Gasteiger partial charge in [-0.1, -0.05) is 65.4 Å². The number of nitrogens with one attached hydrogen (secondary N) is 2. The Kier molecular flexibility index (Phi) is 9.40. The molecule has 3 N–H and O–H groups in total. The molecule has 1 amide bonds. The number of carbonyl (C=O) groups is 2. The number of carboxylic acids is 1. The lowest BCUT2D eigenvalue weighted by Gasteiger charge is -2.15. The van der Waals surface area contributed by atoms with Crippen LogP contribution < -0.4 is 14.8 Å². The molecule has 0 radical (unpaired) electrons. The van der Waals surface area contributed by atoms with Crippen LogP contribution in [0.1, 0.15) is 15.9 Å². The zero-order valence-electron chi connectivity index (χ0n) is 23.2. The highest BCUT2D eigenvalue weighted by Gasteiger charge is 2.26. The van der Waals surface area contributed by atoms with Crippen molar-refractivity contribution in [3.8, 4) is 27.4 Å². The minimum Gasteiger partial charge on any atom is -0.497 e. The first kappa shape index (κ1) is 30.9. The predicted octanol–water partition coefficient (Wildman–Crippen LogP) is 6.37. The molecule has 0 fully saturated rings. The van der Waals surface area contributed by atoms with E-state index >= 15 is 0 Å². The van der Waals surface area contributed by atoms with Gasteiger partial charge in [-0.05, 0) is 78.2 Å². The molecule has 0 aliphatic rings. The van der Waals surface area contributed by atoms with Crippen LogP contribution in [0.2, 0.25) is 5.02 Å². The SMILES string of the molecule is COc1ccc(-c2sc(NC(=O)c3ccc(S(=O)(=O)N[C@@H](Cc4ccccc4)C(=O)O)cc3)nc2-c2ccc(Cl)cc2)cc1. The molecule has 1 heterocycles. The molecule has 0 unspecified atom stereocenters. The number of anilines is 1. The number of rotatable bonds is 11. The lowest BCUT2D eigenvalue weighted by Crippen LogP contribution is -2.42. The largest absolute Gasteiger partial charge is 0.497 e. The number of hydrogen-bond donors (Lipinski definition) is 3. The third kappa shape index (κ3) is 7.32. The average Bonchev–Trinajstić information content (AvgIpc) is 3.45. The number of sulfonamides is 1. The average molecular weight is 648 g/mol. The lowest BCUT2D eigenvalue weighted by atomic mass is 10.1. The molecule has 0 aliphatic carbocycles. The molecule has 5 aromatic rings. The van der Waals surface area contributed by atoms with E-state index in [1.807, 2.05) is 36.4 Å². The van der Waals surface area contributed by atoms with Crippen molar-refractivity contribution < 1.29 is 27.9 Å². The van der Waals surface area contributed by atoms with Crippen molar-refractivity contribution in [3.63, 3.8) is 0 Å². The van der Waals surface area contributed by atoms with Gasteiger partial charge in [-0.15, -0.1) is 0 Å². The van der Waals surface area contributed by atoms with E-state index < -0.39 is 27.9 Å². The zero-order valence-corrected chi connectivity index (χ0v) is 25.6. The first-order valence-electron chi connectivity index (χ1n) is 13.2. The van der Waals surface area contributed by atoms with Gasteiger partial charge in [0.15, 0.2) is 5.13 Å². The highest BCUT2D eigenvalue weighted by molar-refractivity contribution is 7.89. The van der Waals surface area contributed by atoms with Crippen LogP contribution in [0.5, 0.6) is 5.75 Å². The summed E-state index contributed by atoms with van der Waals surface area (Å²) < 4.78 is 33.5. The molecule has 1 aromatic heterocycles. The highest BCUT2D eigenvalue weighted by atomic mass is 35.5. The summed E-state index contributed by atoms with van der Waals surface area (Å²) in [4.78, 5) is 30.3. The number of nitrogens with zero attached hydrogens (tertiary/aromatic N) is 1. The summed E-state index contributed by atoms with van der Waals surface area (Å²) in [6.45, 7) is 0. The van der Waals surface area contributed by atoms with E-state index in [0.717, 1.165) is 16.0 Å². The number of carboxylic acid groups (broad SMARTS) is 1. The number of amides is 1. The Morgan fingerprint density at radius 1 is 0.909 bits per heavy atom. The fraction of sp³-hybridized carbons (Fsp3) is 0.0938. The number of thiazole rings is 1. The van der Waals surface area contributed by atoms with E-state index in [1.54, 1.807) is 49.6 Å². The number of methoxy groups -OCH3 is 1. The van der Waals surface area contributed by atoms with Crippen LogP contribution in [0.3, 0.4) is 0 Å². The molecule has 1 atom stereocenters. The van der Waals surface area contributed by atoms with Gasteiger partial charge in [0, 0.05) is 16.1 Å². The van der Waals surface area contributed by atoms with E-state index in [9.17, 15) is 23.1 Å². The Balaban J connectivity index is 1.35. The highest BCUT2D eigenvalue weighted by Crippen LogP contribution is 2.40. The normalized spacial score (nSPS) is 12.0. The van der Waals surface area contributed by atoms with Gasteiger partial charge in [0.25, 0.3) is 5.91 Å². The van der Waals surface area contributed by atoms with Gasteiger partial charge in [0.05, 0.1) is 22.6 Å². The summed E-state index contributed by atoms with van der Waals surface area (Å²) in [6.07, 6.45) is -0.0276.